The van der Waals surface area contributed by atoms with Gasteiger partial charge in [0.05, 0.1) is 18.3 Å². The van der Waals surface area contributed by atoms with Gasteiger partial charge < -0.3 is 9.64 Å². The Hall–Kier alpha value is -3.29. The van der Waals surface area contributed by atoms with Crippen LogP contribution in [0, 0.1) is 11.8 Å². The van der Waals surface area contributed by atoms with Crippen LogP contribution in [0.4, 0.5) is 5.69 Å². The Kier molecular flexibility index (Phi) is 4.77. The van der Waals surface area contributed by atoms with Crippen molar-refractivity contribution in [3.63, 3.8) is 0 Å². The Bertz CT molecular complexity index is 940. The maximum atomic E-state index is 12.4. The van der Waals surface area contributed by atoms with Gasteiger partial charge in [0.1, 0.15) is 6.54 Å². The molecule has 1 saturated heterocycles. The number of ketones is 1. The summed E-state index contributed by atoms with van der Waals surface area (Å²) < 4.78 is 5.00. The number of anilines is 1. The summed E-state index contributed by atoms with van der Waals surface area (Å²) in [5, 5.41) is 0. The number of likely N-dealkylation sites (tertiary alicyclic amines) is 1. The fourth-order valence-electron chi connectivity index (χ4n) is 4.07. The van der Waals surface area contributed by atoms with Crippen LogP contribution in [0.2, 0.25) is 0 Å². The van der Waals surface area contributed by atoms with Gasteiger partial charge in [-0.25, -0.2) is 0 Å². The van der Waals surface area contributed by atoms with E-state index in [1.807, 2.05) is 12.2 Å². The van der Waals surface area contributed by atoms with Crippen LogP contribution < -0.4 is 4.90 Å². The Morgan fingerprint density at radius 1 is 1.07 bits per heavy atom. The number of nitrogens with zero attached hydrogens (tertiary/aromatic N) is 2. The summed E-state index contributed by atoms with van der Waals surface area (Å²) >= 11 is 0. The topological polar surface area (TPSA) is 101 Å². The van der Waals surface area contributed by atoms with Crippen LogP contribution in [-0.2, 0) is 30.3 Å². The first-order valence-corrected chi connectivity index (χ1v) is 9.45. The summed E-state index contributed by atoms with van der Waals surface area (Å²) in [5.41, 5.74) is 1.84. The molecule has 3 amide bonds. The third-order valence-electron chi connectivity index (χ3n) is 5.73. The first kappa shape index (κ1) is 19.0. The lowest BCUT2D eigenvalue weighted by atomic mass is 9.85. The largest absolute Gasteiger partial charge is 0.456 e. The number of allylic oxidation sites excluding steroid dienone is 2. The molecule has 2 heterocycles. The molecule has 2 atom stereocenters. The number of hydrogen-bond acceptors (Lipinski definition) is 6. The molecule has 150 valence electrons. The van der Waals surface area contributed by atoms with Crippen LogP contribution >= 0.6 is 0 Å². The van der Waals surface area contributed by atoms with Crippen LogP contribution in [0.3, 0.4) is 0 Å². The minimum atomic E-state index is -0.803. The summed E-state index contributed by atoms with van der Waals surface area (Å²) in [6, 6.07) is 4.89. The van der Waals surface area contributed by atoms with E-state index in [2.05, 4.69) is 0 Å². The molecule has 0 saturated carbocycles. The number of rotatable bonds is 5. The van der Waals surface area contributed by atoms with Crippen LogP contribution in [0.25, 0.3) is 0 Å². The Balaban J connectivity index is 1.34. The number of amides is 3. The standard InChI is InChI=1S/C21H20N2O6/c1-22-16-7-6-12(8-13(16)9-18(22)25)17(24)11-29-19(26)10-23-20(27)14-4-2-3-5-15(14)21(23)28/h2-3,6-8,14-15H,4-5,9-11H2,1H3/t14-,15-/m0/s1. The van der Waals surface area contributed by atoms with Gasteiger partial charge in [0.15, 0.2) is 12.4 Å². The molecule has 1 fully saturated rings. The van der Waals surface area contributed by atoms with E-state index < -0.39 is 36.7 Å². The predicted octanol–water partition coefficient (Wildman–Crippen LogP) is 0.883. The van der Waals surface area contributed by atoms with Crippen molar-refractivity contribution in [2.45, 2.75) is 19.3 Å². The lowest BCUT2D eigenvalue weighted by Crippen LogP contribution is -2.37. The summed E-state index contributed by atoms with van der Waals surface area (Å²) in [4.78, 5) is 63.4. The number of carbonyl (C=O) groups is 5. The molecule has 0 spiro atoms. The molecule has 0 bridgehead atoms. The number of benzene rings is 1. The van der Waals surface area contributed by atoms with Crippen LogP contribution in [-0.4, -0.2) is 54.6 Å². The van der Waals surface area contributed by atoms with Crippen molar-refractivity contribution in [1.29, 1.82) is 0 Å². The fourth-order valence-corrected chi connectivity index (χ4v) is 4.07. The smallest absolute Gasteiger partial charge is 0.326 e. The molecular formula is C21H20N2O6. The molecular weight excluding hydrogens is 376 g/mol. The molecule has 0 radical (unpaired) electrons. The minimum Gasteiger partial charge on any atom is -0.456 e. The number of carbonyl (C=O) groups excluding carboxylic acids is 5. The van der Waals surface area contributed by atoms with Crippen molar-refractivity contribution in [1.82, 2.24) is 4.90 Å². The van der Waals surface area contributed by atoms with Crippen molar-refractivity contribution in [3.8, 4) is 0 Å². The summed E-state index contributed by atoms with van der Waals surface area (Å²) in [6.07, 6.45) is 4.96. The second-order valence-electron chi connectivity index (χ2n) is 7.48. The zero-order valence-electron chi connectivity index (χ0n) is 15.9. The molecule has 29 heavy (non-hydrogen) atoms. The average molecular weight is 396 g/mol. The van der Waals surface area contributed by atoms with Gasteiger partial charge in [-0.1, -0.05) is 12.2 Å². The van der Waals surface area contributed by atoms with Gasteiger partial charge in [0.2, 0.25) is 17.7 Å². The molecule has 1 aliphatic carbocycles. The maximum Gasteiger partial charge on any atom is 0.326 e. The number of imide groups is 1. The van der Waals surface area contributed by atoms with E-state index >= 15 is 0 Å². The van der Waals surface area contributed by atoms with Gasteiger partial charge in [0, 0.05) is 18.3 Å². The lowest BCUT2D eigenvalue weighted by molar-refractivity contribution is -0.152. The van der Waals surface area contributed by atoms with E-state index in [0.29, 0.717) is 18.4 Å². The van der Waals surface area contributed by atoms with Gasteiger partial charge >= 0.3 is 5.97 Å². The van der Waals surface area contributed by atoms with Gasteiger partial charge in [-0.15, -0.1) is 0 Å². The third kappa shape index (κ3) is 3.35. The quantitative estimate of drug-likeness (QED) is 0.317. The number of esters is 1. The highest BCUT2D eigenvalue weighted by molar-refractivity contribution is 6.07. The van der Waals surface area contributed by atoms with Gasteiger partial charge in [-0.05, 0) is 36.6 Å². The minimum absolute atomic E-state index is 0.0493. The zero-order valence-corrected chi connectivity index (χ0v) is 15.9. The molecule has 2 aliphatic heterocycles. The lowest BCUT2D eigenvalue weighted by Gasteiger charge is -2.14. The maximum absolute atomic E-state index is 12.4. The first-order valence-electron chi connectivity index (χ1n) is 9.45. The van der Waals surface area contributed by atoms with Gasteiger partial charge in [-0.3, -0.25) is 28.9 Å². The number of Topliss-reactive ketones (excluding diaryl/α,β-unsaturated/α-hetero) is 1. The average Bonchev–Trinajstić information content (AvgIpc) is 3.14. The van der Waals surface area contributed by atoms with Gasteiger partial charge in [-0.2, -0.15) is 0 Å². The molecule has 8 heteroatoms. The van der Waals surface area contributed by atoms with Crippen molar-refractivity contribution >= 4 is 35.2 Å². The zero-order chi connectivity index (χ0) is 20.7. The monoisotopic (exact) mass is 396 g/mol. The van der Waals surface area contributed by atoms with Crippen molar-refractivity contribution in [2.24, 2.45) is 11.8 Å². The second-order valence-corrected chi connectivity index (χ2v) is 7.48. The highest BCUT2D eigenvalue weighted by Crippen LogP contribution is 2.35. The summed E-state index contributed by atoms with van der Waals surface area (Å²) in [7, 11) is 1.67. The summed E-state index contributed by atoms with van der Waals surface area (Å²) in [5.74, 6) is -2.81. The third-order valence-corrected chi connectivity index (χ3v) is 5.73. The highest BCUT2D eigenvalue weighted by Gasteiger charge is 2.47. The SMILES string of the molecule is CN1C(=O)Cc2cc(C(=O)COC(=O)CN3C(=O)[C@H]4CC=CC[C@@H]4C3=O)ccc21. The summed E-state index contributed by atoms with van der Waals surface area (Å²) in [6.45, 7) is -0.979. The number of fused-ring (bicyclic) bond motifs is 2. The normalized spacial score (nSPS) is 22.7. The molecule has 0 N–H and O–H groups in total. The van der Waals surface area contributed by atoms with Crippen LogP contribution in [0.5, 0.6) is 0 Å². The molecule has 0 aromatic heterocycles. The van der Waals surface area contributed by atoms with Gasteiger partial charge in [0.25, 0.3) is 0 Å². The Morgan fingerprint density at radius 3 is 2.38 bits per heavy atom. The number of ether oxygens (including phenoxy) is 1. The van der Waals surface area contributed by atoms with Crippen molar-refractivity contribution in [3.05, 3.63) is 41.5 Å². The van der Waals surface area contributed by atoms with Crippen molar-refractivity contribution in [2.75, 3.05) is 25.1 Å². The fraction of sp³-hybridized carbons (Fsp3) is 0.381. The highest BCUT2D eigenvalue weighted by atomic mass is 16.5. The Morgan fingerprint density at radius 2 is 1.72 bits per heavy atom. The molecule has 0 unspecified atom stereocenters. The molecule has 8 nitrogen and oxygen atoms in total. The van der Waals surface area contributed by atoms with E-state index in [1.165, 1.54) is 4.90 Å². The molecule has 1 aromatic carbocycles. The molecule has 4 rings (SSSR count). The second kappa shape index (κ2) is 7.27. The van der Waals surface area contributed by atoms with E-state index in [1.54, 1.807) is 25.2 Å². The van der Waals surface area contributed by atoms with Crippen molar-refractivity contribution < 1.29 is 28.7 Å². The molecule has 3 aliphatic rings. The van der Waals surface area contributed by atoms with E-state index in [0.717, 1.165) is 16.2 Å². The van der Waals surface area contributed by atoms with Crippen LogP contribution in [0.15, 0.2) is 30.4 Å². The van der Waals surface area contributed by atoms with E-state index in [9.17, 15) is 24.0 Å². The Labute approximate surface area is 167 Å². The molecule has 1 aromatic rings. The number of likely N-dealkylation sites (N-methyl/N-ethyl adjacent to an activating group) is 1. The predicted molar refractivity (Wildman–Crippen MR) is 101 cm³/mol. The van der Waals surface area contributed by atoms with E-state index in [4.69, 9.17) is 4.74 Å². The first-order chi connectivity index (χ1) is 13.9. The number of hydrogen-bond donors (Lipinski definition) is 0. The van der Waals surface area contributed by atoms with E-state index in [-0.39, 0.29) is 24.1 Å². The van der Waals surface area contributed by atoms with Crippen LogP contribution in [0.1, 0.15) is 28.8 Å².